The minimum atomic E-state index is -0.375. The van der Waals surface area contributed by atoms with Crippen LogP contribution in [0.5, 0.6) is 0 Å². The van der Waals surface area contributed by atoms with Crippen LogP contribution in [0.3, 0.4) is 0 Å². The SMILES string of the molecule is CCCc1cc(N2CCC[C@H]2COC)nc(Nc2ccc(C)c([N+](=O)[O-])c2)n1. The van der Waals surface area contributed by atoms with Crippen LogP contribution in [0.15, 0.2) is 24.3 Å². The fourth-order valence-electron chi connectivity index (χ4n) is 3.59. The largest absolute Gasteiger partial charge is 0.383 e. The highest BCUT2D eigenvalue weighted by Gasteiger charge is 2.26. The van der Waals surface area contributed by atoms with Crippen LogP contribution < -0.4 is 10.2 Å². The maximum absolute atomic E-state index is 11.2. The van der Waals surface area contributed by atoms with Crippen molar-refractivity contribution in [1.82, 2.24) is 9.97 Å². The first-order valence-corrected chi connectivity index (χ1v) is 9.67. The molecule has 1 aromatic heterocycles. The number of aryl methyl sites for hydroxylation is 2. The Morgan fingerprint density at radius 3 is 2.89 bits per heavy atom. The molecule has 8 nitrogen and oxygen atoms in total. The number of anilines is 3. The molecular formula is C20H27N5O3. The fourth-order valence-corrected chi connectivity index (χ4v) is 3.59. The molecule has 1 saturated heterocycles. The molecule has 1 aromatic carbocycles. The van der Waals surface area contributed by atoms with Gasteiger partial charge in [0.15, 0.2) is 0 Å². The average molecular weight is 385 g/mol. The van der Waals surface area contributed by atoms with E-state index >= 15 is 0 Å². The molecule has 0 amide bonds. The van der Waals surface area contributed by atoms with Crippen LogP contribution in [-0.4, -0.2) is 41.2 Å². The maximum Gasteiger partial charge on any atom is 0.274 e. The number of rotatable bonds is 8. The molecule has 0 saturated carbocycles. The van der Waals surface area contributed by atoms with Crippen LogP contribution in [0, 0.1) is 17.0 Å². The lowest BCUT2D eigenvalue weighted by Gasteiger charge is -2.26. The fraction of sp³-hybridized carbons (Fsp3) is 0.500. The lowest BCUT2D eigenvalue weighted by atomic mass is 10.2. The van der Waals surface area contributed by atoms with Crippen molar-refractivity contribution < 1.29 is 9.66 Å². The Bertz CT molecular complexity index is 843. The highest BCUT2D eigenvalue weighted by Crippen LogP contribution is 2.28. The second kappa shape index (κ2) is 8.97. The Kier molecular flexibility index (Phi) is 6.41. The third-order valence-corrected chi connectivity index (χ3v) is 4.96. The molecule has 3 rings (SSSR count). The Labute approximate surface area is 165 Å². The number of benzene rings is 1. The number of hydrogen-bond acceptors (Lipinski definition) is 7. The Hall–Kier alpha value is -2.74. The van der Waals surface area contributed by atoms with E-state index in [1.54, 1.807) is 26.2 Å². The molecule has 0 unspecified atom stereocenters. The molecule has 0 spiro atoms. The molecule has 0 radical (unpaired) electrons. The average Bonchev–Trinajstić information content (AvgIpc) is 3.12. The summed E-state index contributed by atoms with van der Waals surface area (Å²) in [5.41, 5.74) is 2.26. The topological polar surface area (TPSA) is 93.4 Å². The zero-order valence-electron chi connectivity index (χ0n) is 16.6. The van der Waals surface area contributed by atoms with Crippen LogP contribution in [-0.2, 0) is 11.2 Å². The second-order valence-electron chi connectivity index (χ2n) is 7.12. The van der Waals surface area contributed by atoms with Crippen molar-refractivity contribution in [2.24, 2.45) is 0 Å². The van der Waals surface area contributed by atoms with Gasteiger partial charge >= 0.3 is 0 Å². The summed E-state index contributed by atoms with van der Waals surface area (Å²) >= 11 is 0. The van der Waals surface area contributed by atoms with Gasteiger partial charge < -0.3 is 15.0 Å². The molecule has 1 fully saturated rings. The van der Waals surface area contributed by atoms with Crippen molar-refractivity contribution >= 4 is 23.1 Å². The van der Waals surface area contributed by atoms with E-state index in [0.717, 1.165) is 43.7 Å². The Morgan fingerprint density at radius 2 is 2.18 bits per heavy atom. The quantitative estimate of drug-likeness (QED) is 0.542. The van der Waals surface area contributed by atoms with Gasteiger partial charge in [-0.05, 0) is 32.3 Å². The first kappa shape index (κ1) is 20.0. The van der Waals surface area contributed by atoms with Crippen molar-refractivity contribution in [2.45, 2.75) is 45.6 Å². The number of hydrogen-bond donors (Lipinski definition) is 1. The molecule has 28 heavy (non-hydrogen) atoms. The smallest absolute Gasteiger partial charge is 0.274 e. The number of nitro groups is 1. The minimum absolute atomic E-state index is 0.0784. The highest BCUT2D eigenvalue weighted by molar-refractivity contribution is 5.61. The molecule has 2 aromatic rings. The first-order valence-electron chi connectivity index (χ1n) is 9.67. The van der Waals surface area contributed by atoms with Gasteiger partial charge in [-0.1, -0.05) is 19.4 Å². The summed E-state index contributed by atoms with van der Waals surface area (Å²) in [4.78, 5) is 22.4. The van der Waals surface area contributed by atoms with Crippen molar-refractivity contribution in [3.63, 3.8) is 0 Å². The zero-order valence-corrected chi connectivity index (χ0v) is 16.6. The van der Waals surface area contributed by atoms with E-state index in [9.17, 15) is 10.1 Å². The summed E-state index contributed by atoms with van der Waals surface area (Å²) in [6.07, 6.45) is 4.01. The van der Waals surface area contributed by atoms with Crippen LogP contribution in [0.2, 0.25) is 0 Å². The van der Waals surface area contributed by atoms with Gasteiger partial charge in [-0.3, -0.25) is 10.1 Å². The lowest BCUT2D eigenvalue weighted by Crippen LogP contribution is -2.33. The van der Waals surface area contributed by atoms with E-state index in [2.05, 4.69) is 22.1 Å². The van der Waals surface area contributed by atoms with Gasteiger partial charge in [0.05, 0.1) is 17.6 Å². The molecule has 1 N–H and O–H groups in total. The molecule has 1 atom stereocenters. The number of nitrogens with one attached hydrogen (secondary N) is 1. The lowest BCUT2D eigenvalue weighted by molar-refractivity contribution is -0.385. The van der Waals surface area contributed by atoms with E-state index < -0.39 is 0 Å². The molecule has 150 valence electrons. The van der Waals surface area contributed by atoms with E-state index in [1.165, 1.54) is 6.07 Å². The maximum atomic E-state index is 11.2. The summed E-state index contributed by atoms with van der Waals surface area (Å²) in [5, 5.41) is 14.4. The summed E-state index contributed by atoms with van der Waals surface area (Å²) in [6, 6.07) is 7.41. The molecule has 2 heterocycles. The highest BCUT2D eigenvalue weighted by atomic mass is 16.6. The predicted molar refractivity (Wildman–Crippen MR) is 109 cm³/mol. The molecular weight excluding hydrogens is 358 g/mol. The van der Waals surface area contributed by atoms with Gasteiger partial charge in [0, 0.05) is 42.7 Å². The monoisotopic (exact) mass is 385 g/mol. The van der Waals surface area contributed by atoms with E-state index in [4.69, 9.17) is 9.72 Å². The van der Waals surface area contributed by atoms with Gasteiger partial charge in [0.25, 0.3) is 5.69 Å². The number of nitrogens with zero attached hydrogens (tertiary/aromatic N) is 4. The molecule has 0 bridgehead atoms. The summed E-state index contributed by atoms with van der Waals surface area (Å²) in [5.74, 6) is 1.34. The third kappa shape index (κ3) is 4.56. The van der Waals surface area contributed by atoms with Gasteiger partial charge in [0.2, 0.25) is 5.95 Å². The number of methoxy groups -OCH3 is 1. The van der Waals surface area contributed by atoms with Crippen LogP contribution >= 0.6 is 0 Å². The molecule has 8 heteroatoms. The number of nitro benzene ring substituents is 1. The van der Waals surface area contributed by atoms with Gasteiger partial charge in [0.1, 0.15) is 5.82 Å². The minimum Gasteiger partial charge on any atom is -0.383 e. The van der Waals surface area contributed by atoms with Crippen molar-refractivity contribution in [3.8, 4) is 0 Å². The molecule has 0 aliphatic carbocycles. The predicted octanol–water partition coefficient (Wildman–Crippen LogP) is 4.00. The van der Waals surface area contributed by atoms with Gasteiger partial charge in [-0.2, -0.15) is 4.98 Å². The molecule has 1 aliphatic rings. The van der Waals surface area contributed by atoms with Crippen molar-refractivity contribution in [1.29, 1.82) is 0 Å². The Morgan fingerprint density at radius 1 is 1.36 bits per heavy atom. The number of aromatic nitrogens is 2. The Balaban J connectivity index is 1.91. The first-order chi connectivity index (χ1) is 13.5. The van der Waals surface area contributed by atoms with Gasteiger partial charge in [-0.15, -0.1) is 0 Å². The number of ether oxygens (including phenoxy) is 1. The second-order valence-corrected chi connectivity index (χ2v) is 7.12. The summed E-state index contributed by atoms with van der Waals surface area (Å²) < 4.78 is 5.36. The van der Waals surface area contributed by atoms with Crippen molar-refractivity contribution in [3.05, 3.63) is 45.6 Å². The molecule has 1 aliphatic heterocycles. The standard InChI is InChI=1S/C20H27N5O3/c1-4-6-15-12-19(24-10-5-7-17(24)13-28-3)23-20(21-15)22-16-9-8-14(2)18(11-16)25(26)27/h8-9,11-12,17H,4-7,10,13H2,1-3H3,(H,21,22,23)/t17-/m0/s1. The van der Waals surface area contributed by atoms with Gasteiger partial charge in [-0.25, -0.2) is 4.98 Å². The summed E-state index contributed by atoms with van der Waals surface area (Å²) in [7, 11) is 1.72. The van der Waals surface area contributed by atoms with E-state index in [1.807, 2.05) is 6.07 Å². The van der Waals surface area contributed by atoms with Crippen LogP contribution in [0.1, 0.15) is 37.4 Å². The van der Waals surface area contributed by atoms with Crippen LogP contribution in [0.25, 0.3) is 0 Å². The van der Waals surface area contributed by atoms with Crippen molar-refractivity contribution in [2.75, 3.05) is 30.5 Å². The summed E-state index contributed by atoms with van der Waals surface area (Å²) in [6.45, 7) is 5.44. The third-order valence-electron chi connectivity index (χ3n) is 4.96. The zero-order chi connectivity index (χ0) is 20.1. The van der Waals surface area contributed by atoms with Crippen LogP contribution in [0.4, 0.5) is 23.1 Å². The van der Waals surface area contributed by atoms with E-state index in [-0.39, 0.29) is 10.6 Å². The van der Waals surface area contributed by atoms with E-state index in [0.29, 0.717) is 29.8 Å². The normalized spacial score (nSPS) is 16.4.